The largest absolute Gasteiger partial charge is 0.327 e. The van der Waals surface area contributed by atoms with E-state index in [9.17, 15) is 8.78 Å². The molecule has 0 N–H and O–H groups in total. The van der Waals surface area contributed by atoms with E-state index in [1.165, 1.54) is 0 Å². The molecule has 0 amide bonds. The van der Waals surface area contributed by atoms with E-state index in [-0.39, 0.29) is 5.92 Å². The van der Waals surface area contributed by atoms with Gasteiger partial charge in [0.15, 0.2) is 0 Å². The predicted octanol–water partition coefficient (Wildman–Crippen LogP) is 3.60. The summed E-state index contributed by atoms with van der Waals surface area (Å²) < 4.78 is 26.0. The van der Waals surface area contributed by atoms with Crippen molar-refractivity contribution in [1.82, 2.24) is 0 Å². The molecule has 0 bridgehead atoms. The van der Waals surface area contributed by atoms with E-state index in [0.29, 0.717) is 6.42 Å². The van der Waals surface area contributed by atoms with Gasteiger partial charge < -0.3 is 0 Å². The van der Waals surface area contributed by atoms with Gasteiger partial charge in [-0.3, -0.25) is 0 Å². The third-order valence-electron chi connectivity index (χ3n) is 2.92. The zero-order valence-corrected chi connectivity index (χ0v) is 8.81. The fourth-order valence-electron chi connectivity index (χ4n) is 1.32. The highest BCUT2D eigenvalue weighted by molar-refractivity contribution is 8.00. The molecule has 12 heavy (non-hydrogen) atoms. The van der Waals surface area contributed by atoms with E-state index < -0.39 is 10.8 Å². The van der Waals surface area contributed by atoms with Crippen LogP contribution in [0.3, 0.4) is 0 Å². The molecular formula is C8H13ClF2S. The molecule has 0 spiro atoms. The minimum atomic E-state index is -3.06. The minimum Gasteiger partial charge on any atom is -0.188 e. The molecule has 72 valence electrons. The molecule has 0 nitrogen and oxygen atoms in total. The van der Waals surface area contributed by atoms with Gasteiger partial charge in [0, 0.05) is 0 Å². The third-order valence-corrected chi connectivity index (χ3v) is 4.63. The van der Waals surface area contributed by atoms with Crippen molar-refractivity contribution in [2.24, 2.45) is 11.3 Å². The van der Waals surface area contributed by atoms with Gasteiger partial charge in [0.05, 0.1) is 5.41 Å². The van der Waals surface area contributed by atoms with Gasteiger partial charge in [-0.2, -0.15) is 20.5 Å². The van der Waals surface area contributed by atoms with E-state index in [1.807, 2.05) is 0 Å². The monoisotopic (exact) mass is 214 g/mol. The van der Waals surface area contributed by atoms with E-state index in [0.717, 1.165) is 11.5 Å². The first-order valence-electron chi connectivity index (χ1n) is 4.06. The fourth-order valence-corrected chi connectivity index (χ4v) is 2.82. The zero-order chi connectivity index (χ0) is 9.41. The van der Waals surface area contributed by atoms with Crippen LogP contribution in [0.1, 0.15) is 20.3 Å². The number of halogens is 3. The summed E-state index contributed by atoms with van der Waals surface area (Å²) in [6, 6.07) is 0. The van der Waals surface area contributed by atoms with Gasteiger partial charge in [0.1, 0.15) is 0 Å². The minimum absolute atomic E-state index is 0.0833. The molecule has 1 saturated heterocycles. The second-order valence-electron chi connectivity index (χ2n) is 3.50. The second-order valence-corrected chi connectivity index (χ2v) is 5.05. The van der Waals surface area contributed by atoms with Crippen LogP contribution in [0.25, 0.3) is 0 Å². The molecule has 1 unspecified atom stereocenters. The Balaban J connectivity index is 2.73. The summed E-state index contributed by atoms with van der Waals surface area (Å²) >= 11 is 6.82. The van der Waals surface area contributed by atoms with E-state index >= 15 is 0 Å². The zero-order valence-electron chi connectivity index (χ0n) is 7.24. The van der Waals surface area contributed by atoms with Crippen LogP contribution in [0.4, 0.5) is 8.78 Å². The number of alkyl halides is 3. The average Bonchev–Trinajstić information content (AvgIpc) is 1.81. The van der Waals surface area contributed by atoms with E-state index in [2.05, 4.69) is 0 Å². The lowest BCUT2D eigenvalue weighted by atomic mass is 9.76. The van der Waals surface area contributed by atoms with Crippen LogP contribution in [0, 0.1) is 11.3 Å². The normalized spacial score (nSPS) is 24.8. The molecule has 4 heteroatoms. The standard InChI is InChI=1S/C8H13ClF2S/c1-3-7(2,8(9,10)11)6-4-12-5-6/h6H,3-5H2,1-2H3. The van der Waals surface area contributed by atoms with Gasteiger partial charge in [-0.25, -0.2) is 0 Å². The molecule has 1 aliphatic heterocycles. The molecular weight excluding hydrogens is 202 g/mol. The Kier molecular flexibility index (Phi) is 2.94. The van der Waals surface area contributed by atoms with Crippen molar-refractivity contribution in [2.75, 3.05) is 11.5 Å². The Bertz CT molecular complexity index is 165. The van der Waals surface area contributed by atoms with E-state index in [1.54, 1.807) is 25.6 Å². The second kappa shape index (κ2) is 3.33. The Morgan fingerprint density at radius 2 is 2.00 bits per heavy atom. The van der Waals surface area contributed by atoms with Crippen molar-refractivity contribution in [3.63, 3.8) is 0 Å². The number of hydrogen-bond acceptors (Lipinski definition) is 1. The topological polar surface area (TPSA) is 0 Å². The molecule has 1 heterocycles. The lowest BCUT2D eigenvalue weighted by molar-refractivity contribution is -0.0674. The Hall–Kier alpha value is 0.500. The summed E-state index contributed by atoms with van der Waals surface area (Å²) in [6.45, 7) is 3.36. The van der Waals surface area contributed by atoms with Crippen molar-refractivity contribution in [2.45, 2.75) is 25.7 Å². The molecule has 1 aliphatic rings. The fraction of sp³-hybridized carbons (Fsp3) is 1.00. The summed E-state index contributed by atoms with van der Waals surface area (Å²) in [5.74, 6) is 1.74. The first kappa shape index (κ1) is 10.6. The van der Waals surface area contributed by atoms with Gasteiger partial charge in [0.2, 0.25) is 0 Å². The molecule has 0 aromatic rings. The summed E-state index contributed by atoms with van der Waals surface area (Å²) in [4.78, 5) is 0. The van der Waals surface area contributed by atoms with Crippen LogP contribution >= 0.6 is 23.4 Å². The van der Waals surface area contributed by atoms with Crippen LogP contribution in [0.15, 0.2) is 0 Å². The summed E-state index contributed by atoms with van der Waals surface area (Å²) in [5, 5.41) is -3.06. The van der Waals surface area contributed by atoms with Gasteiger partial charge in [-0.05, 0) is 35.4 Å². The van der Waals surface area contributed by atoms with E-state index in [4.69, 9.17) is 11.6 Å². The molecule has 0 aromatic heterocycles. The van der Waals surface area contributed by atoms with Crippen molar-refractivity contribution >= 4 is 23.4 Å². The smallest absolute Gasteiger partial charge is 0.188 e. The number of hydrogen-bond donors (Lipinski definition) is 0. The van der Waals surface area contributed by atoms with Gasteiger partial charge >= 0.3 is 5.38 Å². The maximum atomic E-state index is 13.0. The number of thioether (sulfide) groups is 1. The van der Waals surface area contributed by atoms with Gasteiger partial charge in [-0.1, -0.05) is 13.8 Å². The highest BCUT2D eigenvalue weighted by atomic mass is 35.5. The van der Waals surface area contributed by atoms with Crippen LogP contribution < -0.4 is 0 Å². The average molecular weight is 215 g/mol. The van der Waals surface area contributed by atoms with Gasteiger partial charge in [-0.15, -0.1) is 0 Å². The molecule has 0 radical (unpaired) electrons. The summed E-state index contributed by atoms with van der Waals surface area (Å²) in [7, 11) is 0. The molecule has 1 fully saturated rings. The van der Waals surface area contributed by atoms with Crippen LogP contribution in [-0.2, 0) is 0 Å². The Morgan fingerprint density at radius 3 is 2.08 bits per heavy atom. The SMILES string of the molecule is CCC(C)(C1CSC1)C(F)(F)Cl. The summed E-state index contributed by atoms with van der Waals surface area (Å²) in [5.41, 5.74) is -1.01. The lowest BCUT2D eigenvalue weighted by Gasteiger charge is -2.44. The van der Waals surface area contributed by atoms with Crippen molar-refractivity contribution in [3.05, 3.63) is 0 Å². The molecule has 0 aliphatic carbocycles. The highest BCUT2D eigenvalue weighted by Crippen LogP contribution is 2.52. The molecule has 0 saturated carbocycles. The van der Waals surface area contributed by atoms with Crippen LogP contribution in [0.2, 0.25) is 0 Å². The maximum absolute atomic E-state index is 13.0. The molecule has 0 aromatic carbocycles. The number of rotatable bonds is 3. The van der Waals surface area contributed by atoms with Crippen molar-refractivity contribution in [3.8, 4) is 0 Å². The lowest BCUT2D eigenvalue weighted by Crippen LogP contribution is -2.46. The van der Waals surface area contributed by atoms with Crippen molar-refractivity contribution in [1.29, 1.82) is 0 Å². The quantitative estimate of drug-likeness (QED) is 0.647. The van der Waals surface area contributed by atoms with Crippen LogP contribution in [0.5, 0.6) is 0 Å². The Morgan fingerprint density at radius 1 is 1.50 bits per heavy atom. The Labute approximate surface area is 81.0 Å². The highest BCUT2D eigenvalue weighted by Gasteiger charge is 2.53. The predicted molar refractivity (Wildman–Crippen MR) is 50.0 cm³/mol. The first-order chi connectivity index (χ1) is 5.42. The van der Waals surface area contributed by atoms with Crippen molar-refractivity contribution < 1.29 is 8.78 Å². The maximum Gasteiger partial charge on any atom is 0.327 e. The molecule has 1 rings (SSSR count). The first-order valence-corrected chi connectivity index (χ1v) is 5.59. The summed E-state index contributed by atoms with van der Waals surface area (Å²) in [6.07, 6.45) is 0.439. The van der Waals surface area contributed by atoms with Gasteiger partial charge in [0.25, 0.3) is 0 Å². The van der Waals surface area contributed by atoms with Crippen LogP contribution in [-0.4, -0.2) is 16.9 Å². The molecule has 1 atom stereocenters. The third kappa shape index (κ3) is 1.58.